The number of likely N-dealkylation sites (N-methyl/N-ethyl adjacent to an activating group) is 1. The number of fused-ring (bicyclic) bond motifs is 1. The summed E-state index contributed by atoms with van der Waals surface area (Å²) < 4.78 is 0. The summed E-state index contributed by atoms with van der Waals surface area (Å²) in [6.07, 6.45) is 6.19. The molecule has 0 fully saturated rings. The number of benzene rings is 1. The van der Waals surface area contributed by atoms with E-state index in [2.05, 4.69) is 67.6 Å². The van der Waals surface area contributed by atoms with Crippen LogP contribution in [0.5, 0.6) is 0 Å². The van der Waals surface area contributed by atoms with E-state index in [4.69, 9.17) is 0 Å². The van der Waals surface area contributed by atoms with Crippen LogP contribution in [0, 0.1) is 0 Å². The van der Waals surface area contributed by atoms with Crippen LogP contribution in [0.1, 0.15) is 72.6 Å². The molecule has 1 aliphatic rings. The molecule has 25 heavy (non-hydrogen) atoms. The summed E-state index contributed by atoms with van der Waals surface area (Å²) in [7, 11) is 3.64. The maximum Gasteiger partial charge on any atom is 0.0517 e. The highest BCUT2D eigenvalue weighted by atomic mass is 15.1. The van der Waals surface area contributed by atoms with Crippen LogP contribution in [0.15, 0.2) is 54.8 Å². The van der Waals surface area contributed by atoms with Crippen LogP contribution < -0.4 is 5.73 Å². The monoisotopic (exact) mass is 346 g/mol. The average molecular weight is 347 g/mol. The average Bonchev–Trinajstić information content (AvgIpc) is 2.72. The van der Waals surface area contributed by atoms with E-state index in [1.54, 1.807) is 0 Å². The van der Waals surface area contributed by atoms with E-state index in [0.717, 1.165) is 0 Å². The van der Waals surface area contributed by atoms with Gasteiger partial charge < -0.3 is 10.6 Å². The Kier molecular flexibility index (Phi) is 20.8. The first kappa shape index (κ1) is 28.0. The summed E-state index contributed by atoms with van der Waals surface area (Å²) in [4.78, 5) is 2.30. The first-order chi connectivity index (χ1) is 12.2. The van der Waals surface area contributed by atoms with Crippen LogP contribution in [0.4, 0.5) is 0 Å². The van der Waals surface area contributed by atoms with Gasteiger partial charge in [-0.2, -0.15) is 0 Å². The Morgan fingerprint density at radius 1 is 1.00 bits per heavy atom. The predicted molar refractivity (Wildman–Crippen MR) is 119 cm³/mol. The highest BCUT2D eigenvalue weighted by molar-refractivity contribution is 5.81. The van der Waals surface area contributed by atoms with E-state index in [0.29, 0.717) is 6.04 Å². The van der Waals surface area contributed by atoms with Crippen molar-refractivity contribution in [1.29, 1.82) is 0 Å². The second kappa shape index (κ2) is 18.5. The summed E-state index contributed by atoms with van der Waals surface area (Å²) in [6.45, 7) is 20.2. The number of allylic oxidation sites excluding steroid dienone is 4. The Balaban J connectivity index is -0.000000533. The molecular weight excluding hydrogens is 304 g/mol. The van der Waals surface area contributed by atoms with Crippen LogP contribution in [0.2, 0.25) is 0 Å². The van der Waals surface area contributed by atoms with Gasteiger partial charge in [0.05, 0.1) is 6.04 Å². The molecule has 0 amide bonds. The second-order valence-corrected chi connectivity index (χ2v) is 4.38. The van der Waals surface area contributed by atoms with E-state index >= 15 is 0 Å². The summed E-state index contributed by atoms with van der Waals surface area (Å²) in [5.74, 6) is 0. The van der Waals surface area contributed by atoms with Gasteiger partial charge >= 0.3 is 0 Å². The Labute approximate surface area is 158 Å². The van der Waals surface area contributed by atoms with E-state index in [-0.39, 0.29) is 0 Å². The number of nitrogens with zero attached hydrogens (tertiary/aromatic N) is 1. The molecule has 0 saturated carbocycles. The predicted octanol–water partition coefficient (Wildman–Crippen LogP) is 6.82. The minimum atomic E-state index is 0.404. The van der Waals surface area contributed by atoms with Crippen molar-refractivity contribution >= 4 is 5.57 Å². The van der Waals surface area contributed by atoms with Crippen LogP contribution in [-0.2, 0) is 0 Å². The lowest BCUT2D eigenvalue weighted by Crippen LogP contribution is -2.26. The minimum Gasteiger partial charge on any atom is -0.367 e. The molecule has 2 heteroatoms. The molecule has 1 aliphatic heterocycles. The molecule has 1 aromatic rings. The van der Waals surface area contributed by atoms with Gasteiger partial charge in [0, 0.05) is 18.3 Å². The van der Waals surface area contributed by atoms with Gasteiger partial charge in [0.2, 0.25) is 0 Å². The molecule has 0 spiro atoms. The molecule has 1 aromatic carbocycles. The van der Waals surface area contributed by atoms with E-state index in [9.17, 15) is 0 Å². The Hall–Kier alpha value is -1.80. The summed E-state index contributed by atoms with van der Waals surface area (Å²) in [5, 5.41) is 0. The molecule has 0 aromatic heterocycles. The third-order valence-corrected chi connectivity index (χ3v) is 3.47. The number of hydrogen-bond donors (Lipinski definition) is 1. The van der Waals surface area contributed by atoms with E-state index < -0.39 is 0 Å². The van der Waals surface area contributed by atoms with Crippen molar-refractivity contribution in [3.63, 3.8) is 0 Å². The SMILES string of the molecule is C=CC1=C(/C=C\C)N(C)C(C)c2ccccc21.CC.CC.CC.CN. The van der Waals surface area contributed by atoms with Gasteiger partial charge in [0.1, 0.15) is 0 Å². The summed E-state index contributed by atoms with van der Waals surface area (Å²) in [6, 6.07) is 8.98. The third kappa shape index (κ3) is 7.74. The first-order valence-corrected chi connectivity index (χ1v) is 9.60. The van der Waals surface area contributed by atoms with Gasteiger partial charge in [0.25, 0.3) is 0 Å². The normalized spacial score (nSPS) is 14.4. The van der Waals surface area contributed by atoms with Gasteiger partial charge in [-0.3, -0.25) is 0 Å². The lowest BCUT2D eigenvalue weighted by atomic mass is 9.89. The first-order valence-electron chi connectivity index (χ1n) is 9.60. The zero-order chi connectivity index (χ0) is 20.4. The smallest absolute Gasteiger partial charge is 0.0517 e. The molecule has 1 heterocycles. The summed E-state index contributed by atoms with van der Waals surface area (Å²) in [5.41, 5.74) is 9.65. The fourth-order valence-electron chi connectivity index (χ4n) is 2.43. The van der Waals surface area contributed by atoms with Gasteiger partial charge in [-0.05, 0) is 38.1 Å². The Morgan fingerprint density at radius 2 is 1.48 bits per heavy atom. The van der Waals surface area contributed by atoms with Gasteiger partial charge in [0.15, 0.2) is 0 Å². The maximum absolute atomic E-state index is 4.50. The number of hydrogen-bond acceptors (Lipinski definition) is 2. The van der Waals surface area contributed by atoms with Gasteiger partial charge in [-0.15, -0.1) is 0 Å². The van der Waals surface area contributed by atoms with Crippen molar-refractivity contribution in [2.24, 2.45) is 5.73 Å². The van der Waals surface area contributed by atoms with Crippen molar-refractivity contribution in [2.45, 2.75) is 61.4 Å². The quantitative estimate of drug-likeness (QED) is 0.636. The van der Waals surface area contributed by atoms with Gasteiger partial charge in [-0.25, -0.2) is 0 Å². The summed E-state index contributed by atoms with van der Waals surface area (Å²) >= 11 is 0. The van der Waals surface area contributed by atoms with Crippen LogP contribution in [-0.4, -0.2) is 19.0 Å². The number of rotatable bonds is 2. The molecule has 2 nitrogen and oxygen atoms in total. The van der Waals surface area contributed by atoms with Crippen molar-refractivity contribution < 1.29 is 0 Å². The van der Waals surface area contributed by atoms with Crippen molar-refractivity contribution in [3.8, 4) is 0 Å². The fraction of sp³-hybridized carbons (Fsp3) is 0.478. The number of nitrogens with two attached hydrogens (primary N) is 1. The topological polar surface area (TPSA) is 29.3 Å². The molecule has 2 N–H and O–H groups in total. The van der Waals surface area contributed by atoms with Crippen LogP contribution in [0.3, 0.4) is 0 Å². The zero-order valence-electron chi connectivity index (χ0n) is 18.4. The third-order valence-electron chi connectivity index (χ3n) is 3.47. The van der Waals surface area contributed by atoms with Crippen LogP contribution in [0.25, 0.3) is 5.57 Å². The molecule has 1 unspecified atom stereocenters. The highest BCUT2D eigenvalue weighted by Gasteiger charge is 2.24. The highest BCUT2D eigenvalue weighted by Crippen LogP contribution is 2.38. The van der Waals surface area contributed by atoms with Crippen LogP contribution >= 0.6 is 0 Å². The lowest BCUT2D eigenvalue weighted by molar-refractivity contribution is 0.336. The van der Waals surface area contributed by atoms with Crippen molar-refractivity contribution in [2.75, 3.05) is 14.1 Å². The molecule has 0 bridgehead atoms. The second-order valence-electron chi connectivity index (χ2n) is 4.38. The Bertz CT molecular complexity index is 499. The van der Waals surface area contributed by atoms with Crippen molar-refractivity contribution in [3.05, 3.63) is 65.9 Å². The fourth-order valence-corrected chi connectivity index (χ4v) is 2.43. The standard InChI is InChI=1S/C16H19N.3C2H6.CH5N/c1-5-9-16-13(6-2)15-11-8-7-10-14(15)12(3)17(16)4;4*1-2/h5-12H,2H2,1,3-4H3;3*1-2H3;2H2,1H3/b9-5-;;;;. The van der Waals surface area contributed by atoms with Crippen molar-refractivity contribution in [1.82, 2.24) is 4.90 Å². The molecular formula is C23H42N2. The maximum atomic E-state index is 4.50. The molecule has 0 aliphatic carbocycles. The molecule has 2 rings (SSSR count). The minimum absolute atomic E-state index is 0.404. The Morgan fingerprint density at radius 3 is 1.92 bits per heavy atom. The van der Waals surface area contributed by atoms with E-state index in [1.165, 1.54) is 29.4 Å². The van der Waals surface area contributed by atoms with Gasteiger partial charge in [-0.1, -0.05) is 84.5 Å². The lowest BCUT2D eigenvalue weighted by Gasteiger charge is -2.36. The largest absolute Gasteiger partial charge is 0.367 e. The molecule has 0 radical (unpaired) electrons. The van der Waals surface area contributed by atoms with E-state index in [1.807, 2.05) is 54.5 Å². The molecule has 1 atom stereocenters. The molecule has 0 saturated heterocycles. The molecule has 144 valence electrons. The zero-order valence-corrected chi connectivity index (χ0v) is 18.4.